The first-order valence-corrected chi connectivity index (χ1v) is 10.6. The fourth-order valence-electron chi connectivity index (χ4n) is 2.93. The Morgan fingerprint density at radius 1 is 1.00 bits per heavy atom. The van der Waals surface area contributed by atoms with Crippen LogP contribution >= 0.6 is 0 Å². The van der Waals surface area contributed by atoms with E-state index in [1.807, 2.05) is 0 Å². The van der Waals surface area contributed by atoms with Gasteiger partial charge in [-0.25, -0.2) is 0 Å². The number of hydrogen-bond donors (Lipinski definition) is 1. The molecule has 2 aromatic carbocycles. The molecule has 1 heterocycles. The first kappa shape index (κ1) is 22.2. The lowest BCUT2D eigenvalue weighted by Gasteiger charge is -2.24. The van der Waals surface area contributed by atoms with E-state index in [2.05, 4.69) is 9.71 Å². The molecule has 0 fully saturated rings. The number of nitrogens with one attached hydrogen (secondary N) is 1. The Morgan fingerprint density at radius 3 is 2.26 bits per heavy atom. The van der Waals surface area contributed by atoms with E-state index in [1.165, 1.54) is 27.3 Å². The third kappa shape index (κ3) is 4.97. The number of hydrogen-bond acceptors (Lipinski definition) is 6. The summed E-state index contributed by atoms with van der Waals surface area (Å²) in [5, 5.41) is 2.73. The smallest absolute Gasteiger partial charge is 0.344 e. The highest BCUT2D eigenvalue weighted by Gasteiger charge is 2.28. The Kier molecular flexibility index (Phi) is 6.50. The van der Waals surface area contributed by atoms with Crippen molar-refractivity contribution < 1.29 is 27.4 Å². The maximum absolute atomic E-state index is 12.9. The first-order valence-electron chi connectivity index (χ1n) is 9.24. The number of carbonyl (C=O) groups excluding carboxylic acids is 1. The summed E-state index contributed by atoms with van der Waals surface area (Å²) in [4.78, 5) is 12.9. The summed E-state index contributed by atoms with van der Waals surface area (Å²) in [6.07, 6.45) is 1.28. The summed E-state index contributed by atoms with van der Waals surface area (Å²) in [5.74, 6) is 1.12. The van der Waals surface area contributed by atoms with Gasteiger partial charge < -0.3 is 19.5 Å². The molecular weight excluding hydrogens is 422 g/mol. The molecule has 10 heteroatoms. The zero-order valence-electron chi connectivity index (χ0n) is 17.6. The molecule has 3 rings (SSSR count). The van der Waals surface area contributed by atoms with E-state index in [4.69, 9.17) is 14.2 Å². The van der Waals surface area contributed by atoms with Gasteiger partial charge in [0.25, 0.3) is 5.91 Å². The van der Waals surface area contributed by atoms with Gasteiger partial charge >= 0.3 is 10.2 Å². The van der Waals surface area contributed by atoms with Crippen molar-refractivity contribution in [1.82, 2.24) is 4.31 Å². The first-order chi connectivity index (χ1) is 14.8. The van der Waals surface area contributed by atoms with Crippen LogP contribution in [-0.4, -0.2) is 45.7 Å². The van der Waals surface area contributed by atoms with Crippen molar-refractivity contribution in [3.8, 4) is 17.2 Å². The Morgan fingerprint density at radius 2 is 1.65 bits per heavy atom. The van der Waals surface area contributed by atoms with Crippen LogP contribution in [0.1, 0.15) is 12.5 Å². The van der Waals surface area contributed by atoms with Crippen LogP contribution in [0.4, 0.5) is 5.69 Å². The molecule has 0 aliphatic carbocycles. The van der Waals surface area contributed by atoms with Crippen LogP contribution in [0.2, 0.25) is 0 Å². The molecule has 0 radical (unpaired) electrons. The largest absolute Gasteiger partial charge is 0.497 e. The fraction of sp³-hybridized carbons (Fsp3) is 0.238. The number of nitrogens with zero attached hydrogens (tertiary/aromatic N) is 2. The van der Waals surface area contributed by atoms with Crippen molar-refractivity contribution >= 4 is 27.5 Å². The van der Waals surface area contributed by atoms with Gasteiger partial charge in [-0.3, -0.25) is 9.10 Å². The van der Waals surface area contributed by atoms with Gasteiger partial charge in [-0.05, 0) is 36.8 Å². The molecule has 1 aliphatic heterocycles. The lowest BCUT2D eigenvalue weighted by Crippen LogP contribution is -2.32. The maximum Gasteiger partial charge on any atom is 0.344 e. The van der Waals surface area contributed by atoms with Crippen LogP contribution in [0.5, 0.6) is 17.2 Å². The standard InChI is InChI=1S/C21H23N3O6S/c1-14-18(21(25)22-19-10-9-17(29-3)11-20(19)30-4)13-24(31(26,27)23-14)12-15-5-7-16(28-2)8-6-15/h5-11,13H,12H2,1-4H3,(H,22,25). The van der Waals surface area contributed by atoms with Gasteiger partial charge in [-0.15, -0.1) is 4.40 Å². The van der Waals surface area contributed by atoms with Gasteiger partial charge in [-0.2, -0.15) is 8.42 Å². The van der Waals surface area contributed by atoms with Crippen molar-refractivity contribution in [1.29, 1.82) is 0 Å². The maximum atomic E-state index is 12.9. The predicted octanol–water partition coefficient (Wildman–Crippen LogP) is 2.76. The quantitative estimate of drug-likeness (QED) is 0.702. The van der Waals surface area contributed by atoms with Crippen molar-refractivity contribution in [2.75, 3.05) is 26.6 Å². The summed E-state index contributed by atoms with van der Waals surface area (Å²) in [7, 11) is 0.591. The number of methoxy groups -OCH3 is 3. The molecule has 0 saturated heterocycles. The van der Waals surface area contributed by atoms with Crippen LogP contribution in [0, 0.1) is 0 Å². The minimum absolute atomic E-state index is 0.0196. The topological polar surface area (TPSA) is 107 Å². The molecule has 0 spiro atoms. The zero-order valence-corrected chi connectivity index (χ0v) is 18.4. The highest BCUT2D eigenvalue weighted by molar-refractivity contribution is 7.88. The Hall–Kier alpha value is -3.53. The second-order valence-electron chi connectivity index (χ2n) is 6.61. The summed E-state index contributed by atoms with van der Waals surface area (Å²) in [6.45, 7) is 1.49. The molecule has 2 aromatic rings. The van der Waals surface area contributed by atoms with E-state index in [9.17, 15) is 13.2 Å². The normalized spacial score (nSPS) is 14.9. The average molecular weight is 445 g/mol. The minimum atomic E-state index is -3.96. The van der Waals surface area contributed by atoms with E-state index in [0.717, 1.165) is 4.31 Å². The molecule has 1 amide bonds. The number of rotatable bonds is 7. The van der Waals surface area contributed by atoms with E-state index < -0.39 is 16.1 Å². The lowest BCUT2D eigenvalue weighted by molar-refractivity contribution is -0.112. The molecule has 0 atom stereocenters. The molecule has 1 N–H and O–H groups in total. The molecule has 0 saturated carbocycles. The monoisotopic (exact) mass is 445 g/mol. The third-order valence-corrected chi connectivity index (χ3v) is 5.94. The Labute approximate surface area is 181 Å². The number of amides is 1. The van der Waals surface area contributed by atoms with Crippen molar-refractivity contribution in [3.05, 3.63) is 59.8 Å². The molecule has 164 valence electrons. The predicted molar refractivity (Wildman–Crippen MR) is 117 cm³/mol. The molecule has 0 unspecified atom stereocenters. The Bertz CT molecular complexity index is 1140. The van der Waals surface area contributed by atoms with Crippen LogP contribution in [0.15, 0.2) is 58.6 Å². The Balaban J connectivity index is 1.86. The molecule has 31 heavy (non-hydrogen) atoms. The second kappa shape index (κ2) is 9.09. The third-order valence-electron chi connectivity index (χ3n) is 4.61. The molecule has 1 aliphatic rings. The summed E-state index contributed by atoms with van der Waals surface area (Å²) in [6, 6.07) is 11.9. The SMILES string of the molecule is COc1ccc(CN2C=C(C(=O)Nc3ccc(OC)cc3OC)C(C)=NS2(=O)=O)cc1. The highest BCUT2D eigenvalue weighted by atomic mass is 32.2. The van der Waals surface area contributed by atoms with Crippen molar-refractivity contribution in [2.45, 2.75) is 13.5 Å². The molecule has 0 aromatic heterocycles. The summed E-state index contributed by atoms with van der Waals surface area (Å²) < 4.78 is 45.4. The summed E-state index contributed by atoms with van der Waals surface area (Å²) >= 11 is 0. The van der Waals surface area contributed by atoms with Crippen LogP contribution in [-0.2, 0) is 21.5 Å². The van der Waals surface area contributed by atoms with Gasteiger partial charge in [0.15, 0.2) is 0 Å². The average Bonchev–Trinajstić information content (AvgIpc) is 2.75. The second-order valence-corrected chi connectivity index (χ2v) is 8.16. The number of ether oxygens (including phenoxy) is 3. The fourth-order valence-corrected chi connectivity index (χ4v) is 4.03. The minimum Gasteiger partial charge on any atom is -0.497 e. The zero-order chi connectivity index (χ0) is 22.6. The van der Waals surface area contributed by atoms with Gasteiger partial charge in [0.05, 0.1) is 44.8 Å². The van der Waals surface area contributed by atoms with Crippen LogP contribution in [0.3, 0.4) is 0 Å². The molecular formula is C21H23N3O6S. The van der Waals surface area contributed by atoms with Crippen molar-refractivity contribution in [2.24, 2.45) is 4.40 Å². The van der Waals surface area contributed by atoms with E-state index >= 15 is 0 Å². The van der Waals surface area contributed by atoms with E-state index in [0.29, 0.717) is 28.5 Å². The number of anilines is 1. The van der Waals surface area contributed by atoms with Crippen molar-refractivity contribution in [3.63, 3.8) is 0 Å². The van der Waals surface area contributed by atoms with E-state index in [-0.39, 0.29) is 17.8 Å². The van der Waals surface area contributed by atoms with Crippen LogP contribution < -0.4 is 19.5 Å². The van der Waals surface area contributed by atoms with E-state index in [1.54, 1.807) is 49.6 Å². The van der Waals surface area contributed by atoms with Gasteiger partial charge in [0.1, 0.15) is 17.2 Å². The molecule has 9 nitrogen and oxygen atoms in total. The van der Waals surface area contributed by atoms with Gasteiger partial charge in [0, 0.05) is 12.3 Å². The lowest BCUT2D eigenvalue weighted by atomic mass is 10.1. The molecule has 0 bridgehead atoms. The van der Waals surface area contributed by atoms with Gasteiger partial charge in [0.2, 0.25) is 0 Å². The highest BCUT2D eigenvalue weighted by Crippen LogP contribution is 2.30. The van der Waals surface area contributed by atoms with Gasteiger partial charge in [-0.1, -0.05) is 12.1 Å². The number of benzene rings is 2. The van der Waals surface area contributed by atoms with Crippen LogP contribution in [0.25, 0.3) is 0 Å². The number of carbonyl (C=O) groups is 1. The summed E-state index contributed by atoms with van der Waals surface area (Å²) in [5.41, 5.74) is 1.35.